The number of carbonyl (C=O) groups is 2. The molecule has 0 atom stereocenters. The van der Waals surface area contributed by atoms with Crippen LogP contribution in [-0.2, 0) is 13.0 Å². The monoisotopic (exact) mass is 302 g/mol. The van der Waals surface area contributed by atoms with E-state index in [-0.39, 0.29) is 11.5 Å². The zero-order valence-corrected chi connectivity index (χ0v) is 12.3. The number of hydrogen-bond acceptors (Lipinski definition) is 4. The van der Waals surface area contributed by atoms with Crippen LogP contribution in [0, 0.1) is 6.92 Å². The van der Waals surface area contributed by atoms with E-state index in [0.717, 1.165) is 23.2 Å². The number of benzene rings is 1. The number of carbonyl (C=O) groups excluding carboxylic acids is 1. The lowest BCUT2D eigenvalue weighted by Gasteiger charge is -2.29. The number of amides is 1. The second-order valence-electron chi connectivity index (χ2n) is 5.08. The van der Waals surface area contributed by atoms with Gasteiger partial charge in [-0.2, -0.15) is 4.37 Å². The maximum atomic E-state index is 12.5. The van der Waals surface area contributed by atoms with Gasteiger partial charge in [-0.25, -0.2) is 4.79 Å². The van der Waals surface area contributed by atoms with Crippen molar-refractivity contribution in [1.82, 2.24) is 9.27 Å². The van der Waals surface area contributed by atoms with Crippen molar-refractivity contribution in [3.05, 3.63) is 51.5 Å². The standard InChI is InChI=1S/C15H14N2O3S/c1-9-13(8-21-16-9)14(18)17-5-4-10-2-3-11(15(19)20)6-12(10)7-17/h2-3,6,8H,4-5,7H2,1H3,(H,19,20). The zero-order valence-electron chi connectivity index (χ0n) is 11.5. The number of aromatic nitrogens is 1. The Bertz CT molecular complexity index is 723. The summed E-state index contributed by atoms with van der Waals surface area (Å²) in [4.78, 5) is 25.3. The van der Waals surface area contributed by atoms with Gasteiger partial charge in [0, 0.05) is 18.5 Å². The Morgan fingerprint density at radius 2 is 2.14 bits per heavy atom. The summed E-state index contributed by atoms with van der Waals surface area (Å²) < 4.78 is 4.13. The van der Waals surface area contributed by atoms with E-state index in [0.29, 0.717) is 18.7 Å². The van der Waals surface area contributed by atoms with Crippen LogP contribution in [0.25, 0.3) is 0 Å². The molecule has 1 aromatic heterocycles. The maximum absolute atomic E-state index is 12.5. The molecule has 0 fully saturated rings. The van der Waals surface area contributed by atoms with Gasteiger partial charge in [0.05, 0.1) is 16.8 Å². The van der Waals surface area contributed by atoms with E-state index in [9.17, 15) is 9.59 Å². The summed E-state index contributed by atoms with van der Waals surface area (Å²) in [6, 6.07) is 5.12. The Kier molecular flexibility index (Phi) is 3.47. The van der Waals surface area contributed by atoms with Crippen molar-refractivity contribution in [2.45, 2.75) is 19.9 Å². The molecule has 6 heteroatoms. The summed E-state index contributed by atoms with van der Waals surface area (Å²) in [5.41, 5.74) is 3.67. The lowest BCUT2D eigenvalue weighted by Crippen LogP contribution is -2.36. The van der Waals surface area contributed by atoms with Crippen LogP contribution in [0.5, 0.6) is 0 Å². The first kappa shape index (κ1) is 13.8. The normalized spacial score (nSPS) is 13.9. The molecule has 108 valence electrons. The van der Waals surface area contributed by atoms with Crippen LogP contribution in [0.15, 0.2) is 23.6 Å². The van der Waals surface area contributed by atoms with Gasteiger partial charge in [0.15, 0.2) is 0 Å². The molecule has 2 heterocycles. The highest BCUT2D eigenvalue weighted by Crippen LogP contribution is 2.23. The van der Waals surface area contributed by atoms with E-state index in [1.165, 1.54) is 11.5 Å². The summed E-state index contributed by atoms with van der Waals surface area (Å²) in [6.45, 7) is 2.92. The van der Waals surface area contributed by atoms with Crippen LogP contribution < -0.4 is 0 Å². The molecule has 1 aliphatic heterocycles. The third-order valence-electron chi connectivity index (χ3n) is 3.73. The maximum Gasteiger partial charge on any atom is 0.335 e. The molecule has 3 rings (SSSR count). The van der Waals surface area contributed by atoms with Crippen molar-refractivity contribution in [3.8, 4) is 0 Å². The molecule has 0 saturated carbocycles. The van der Waals surface area contributed by atoms with Crippen LogP contribution in [0.2, 0.25) is 0 Å². The van der Waals surface area contributed by atoms with Crippen molar-refractivity contribution in [2.24, 2.45) is 0 Å². The van der Waals surface area contributed by atoms with Crippen molar-refractivity contribution in [2.75, 3.05) is 6.54 Å². The minimum Gasteiger partial charge on any atom is -0.478 e. The smallest absolute Gasteiger partial charge is 0.335 e. The van der Waals surface area contributed by atoms with Crippen molar-refractivity contribution in [1.29, 1.82) is 0 Å². The molecule has 21 heavy (non-hydrogen) atoms. The highest BCUT2D eigenvalue weighted by molar-refractivity contribution is 7.03. The fraction of sp³-hybridized carbons (Fsp3) is 0.267. The molecule has 0 radical (unpaired) electrons. The first-order valence-electron chi connectivity index (χ1n) is 6.61. The number of fused-ring (bicyclic) bond motifs is 1. The molecule has 0 spiro atoms. The number of hydrogen-bond donors (Lipinski definition) is 1. The second-order valence-corrected chi connectivity index (χ2v) is 5.71. The Labute approximate surface area is 126 Å². The number of rotatable bonds is 2. The van der Waals surface area contributed by atoms with Gasteiger partial charge in [-0.1, -0.05) is 6.07 Å². The predicted molar refractivity (Wildman–Crippen MR) is 78.7 cm³/mol. The molecule has 0 bridgehead atoms. The average molecular weight is 302 g/mol. The topological polar surface area (TPSA) is 70.5 Å². The van der Waals surface area contributed by atoms with Crippen molar-refractivity contribution >= 4 is 23.4 Å². The quantitative estimate of drug-likeness (QED) is 0.924. The molecule has 1 aromatic carbocycles. The number of carboxylic acid groups (broad SMARTS) is 1. The van der Waals surface area contributed by atoms with Gasteiger partial charge >= 0.3 is 5.97 Å². The van der Waals surface area contributed by atoms with E-state index in [4.69, 9.17) is 5.11 Å². The highest BCUT2D eigenvalue weighted by Gasteiger charge is 2.24. The number of aromatic carboxylic acids is 1. The molecule has 0 saturated heterocycles. The summed E-state index contributed by atoms with van der Waals surface area (Å²) in [6.07, 6.45) is 0.748. The Balaban J connectivity index is 1.87. The zero-order chi connectivity index (χ0) is 15.0. The van der Waals surface area contributed by atoms with Gasteiger partial charge in [0.25, 0.3) is 5.91 Å². The second kappa shape index (κ2) is 5.29. The Morgan fingerprint density at radius 3 is 2.81 bits per heavy atom. The lowest BCUT2D eigenvalue weighted by molar-refractivity contribution is 0.0696. The summed E-state index contributed by atoms with van der Waals surface area (Å²) >= 11 is 1.28. The van der Waals surface area contributed by atoms with E-state index >= 15 is 0 Å². The van der Waals surface area contributed by atoms with E-state index in [1.807, 2.05) is 13.0 Å². The molecule has 0 aliphatic carbocycles. The predicted octanol–water partition coefficient (Wildman–Crippen LogP) is 2.35. The minimum atomic E-state index is -0.945. The number of aryl methyl sites for hydroxylation is 1. The summed E-state index contributed by atoms with van der Waals surface area (Å²) in [7, 11) is 0. The lowest BCUT2D eigenvalue weighted by atomic mass is 9.97. The Morgan fingerprint density at radius 1 is 1.33 bits per heavy atom. The van der Waals surface area contributed by atoms with Gasteiger partial charge in [-0.05, 0) is 48.1 Å². The van der Waals surface area contributed by atoms with Gasteiger partial charge < -0.3 is 10.0 Å². The first-order chi connectivity index (χ1) is 10.1. The molecule has 5 nitrogen and oxygen atoms in total. The molecule has 2 aromatic rings. The van der Waals surface area contributed by atoms with Crippen LogP contribution in [0.3, 0.4) is 0 Å². The molecule has 1 amide bonds. The molecule has 1 aliphatic rings. The van der Waals surface area contributed by atoms with Gasteiger partial charge in [-0.3, -0.25) is 4.79 Å². The summed E-state index contributed by atoms with van der Waals surface area (Å²) in [5.74, 6) is -0.980. The van der Waals surface area contributed by atoms with Crippen LogP contribution in [0.1, 0.15) is 37.5 Å². The van der Waals surface area contributed by atoms with E-state index in [1.54, 1.807) is 22.4 Å². The van der Waals surface area contributed by atoms with Crippen LogP contribution >= 0.6 is 11.5 Å². The Hall–Kier alpha value is -2.21. The highest BCUT2D eigenvalue weighted by atomic mass is 32.1. The largest absolute Gasteiger partial charge is 0.478 e. The minimum absolute atomic E-state index is 0.0346. The number of nitrogens with zero attached hydrogens (tertiary/aromatic N) is 2. The van der Waals surface area contributed by atoms with Crippen molar-refractivity contribution in [3.63, 3.8) is 0 Å². The van der Waals surface area contributed by atoms with Gasteiger partial charge in [0.2, 0.25) is 0 Å². The van der Waals surface area contributed by atoms with Crippen LogP contribution in [-0.4, -0.2) is 32.8 Å². The molecular weight excluding hydrogens is 288 g/mol. The fourth-order valence-corrected chi connectivity index (χ4v) is 3.22. The molecule has 0 unspecified atom stereocenters. The third-order valence-corrected chi connectivity index (χ3v) is 4.45. The average Bonchev–Trinajstić information content (AvgIpc) is 2.91. The number of carboxylic acids is 1. The van der Waals surface area contributed by atoms with E-state index < -0.39 is 5.97 Å². The van der Waals surface area contributed by atoms with Gasteiger partial charge in [-0.15, -0.1) is 0 Å². The molecule has 1 N–H and O–H groups in total. The SMILES string of the molecule is Cc1nscc1C(=O)N1CCc2ccc(C(=O)O)cc2C1. The van der Waals surface area contributed by atoms with E-state index in [2.05, 4.69) is 4.37 Å². The van der Waals surface area contributed by atoms with Crippen LogP contribution in [0.4, 0.5) is 0 Å². The van der Waals surface area contributed by atoms with Gasteiger partial charge in [0.1, 0.15) is 0 Å². The molecular formula is C15H14N2O3S. The fourth-order valence-electron chi connectivity index (χ4n) is 2.53. The summed E-state index contributed by atoms with van der Waals surface area (Å²) in [5, 5.41) is 10.8. The van der Waals surface area contributed by atoms with Crippen molar-refractivity contribution < 1.29 is 14.7 Å². The first-order valence-corrected chi connectivity index (χ1v) is 7.45. The third kappa shape index (κ3) is 2.54.